The zero-order valence-corrected chi connectivity index (χ0v) is 20.7. The Morgan fingerprint density at radius 1 is 1.14 bits per heavy atom. The number of fused-ring (bicyclic) bond motifs is 1. The summed E-state index contributed by atoms with van der Waals surface area (Å²) in [5, 5.41) is 24.7. The Labute approximate surface area is 207 Å². The van der Waals surface area contributed by atoms with Crippen LogP contribution in [0, 0.1) is 12.3 Å². The second kappa shape index (κ2) is 9.55. The van der Waals surface area contributed by atoms with E-state index >= 15 is 0 Å². The summed E-state index contributed by atoms with van der Waals surface area (Å²) < 4.78 is 27.1. The second-order valence-electron chi connectivity index (χ2n) is 9.35. The first-order valence-corrected chi connectivity index (χ1v) is 11.3. The van der Waals surface area contributed by atoms with Crippen molar-refractivity contribution in [3.8, 4) is 11.5 Å². The van der Waals surface area contributed by atoms with E-state index in [9.17, 15) is 19.8 Å². The molecule has 3 N–H and O–H groups in total. The summed E-state index contributed by atoms with van der Waals surface area (Å²) >= 11 is 0. The maximum absolute atomic E-state index is 12.6. The first-order chi connectivity index (χ1) is 17.0. The summed E-state index contributed by atoms with van der Waals surface area (Å²) in [4.78, 5) is 25.2. The number of aryl methyl sites for hydroxylation is 1. The molecule has 192 valence electrons. The fourth-order valence-electron chi connectivity index (χ4n) is 4.21. The van der Waals surface area contributed by atoms with Crippen LogP contribution in [-0.2, 0) is 9.47 Å². The molecule has 0 radical (unpaired) electrons. The molecule has 1 aliphatic heterocycles. The molecule has 1 aromatic heterocycles. The van der Waals surface area contributed by atoms with Crippen molar-refractivity contribution in [1.82, 2.24) is 0 Å². The fourth-order valence-corrected chi connectivity index (χ4v) is 4.21. The Balaban J connectivity index is 1.60. The molecule has 1 saturated heterocycles. The lowest BCUT2D eigenvalue weighted by Crippen LogP contribution is -2.65. The standard InChI is InChI=1S/C26H29NO9/c1-14-19(36-26(31)21(28)22(33-5)25(2,3)13-34-26)11-8-16-12-18(24(30)35-20(14)16)27-23(29)15-6-9-17(32-4)10-7-15/h6-12,21-22,28,31H,13H2,1-5H3,(H,27,29)/t21-,22+,26-/m1/s1. The second-order valence-corrected chi connectivity index (χ2v) is 9.35. The van der Waals surface area contributed by atoms with Gasteiger partial charge in [0.05, 0.1) is 19.8 Å². The number of hydrogen-bond acceptors (Lipinski definition) is 9. The zero-order valence-electron chi connectivity index (χ0n) is 20.7. The number of methoxy groups -OCH3 is 2. The third-order valence-corrected chi connectivity index (χ3v) is 6.29. The molecule has 3 aromatic rings. The molecule has 4 rings (SSSR count). The van der Waals surface area contributed by atoms with Crippen molar-refractivity contribution >= 4 is 22.6 Å². The molecule has 0 aliphatic carbocycles. The van der Waals surface area contributed by atoms with Gasteiger partial charge in [0.25, 0.3) is 5.91 Å². The summed E-state index contributed by atoms with van der Waals surface area (Å²) in [6.07, 6.45) is -2.27. The molecular formula is C26H29NO9. The molecule has 2 aromatic carbocycles. The van der Waals surface area contributed by atoms with Crippen molar-refractivity contribution in [3.05, 3.63) is 64.0 Å². The van der Waals surface area contributed by atoms with Gasteiger partial charge in [0.1, 0.15) is 22.8 Å². The highest BCUT2D eigenvalue weighted by molar-refractivity contribution is 6.04. The number of aliphatic hydroxyl groups excluding tert-OH is 1. The Morgan fingerprint density at radius 2 is 1.83 bits per heavy atom. The van der Waals surface area contributed by atoms with Gasteiger partial charge in [-0.1, -0.05) is 13.8 Å². The number of rotatable bonds is 6. The smallest absolute Gasteiger partial charge is 0.360 e. The molecule has 0 spiro atoms. The largest absolute Gasteiger partial charge is 0.497 e. The van der Waals surface area contributed by atoms with E-state index in [1.807, 2.05) is 13.8 Å². The van der Waals surface area contributed by atoms with Gasteiger partial charge in [-0.05, 0) is 49.4 Å². The highest BCUT2D eigenvalue weighted by atomic mass is 16.8. The van der Waals surface area contributed by atoms with Crippen LogP contribution in [0.15, 0.2) is 51.7 Å². The molecule has 10 heteroatoms. The molecule has 36 heavy (non-hydrogen) atoms. The number of benzene rings is 2. The first kappa shape index (κ1) is 25.6. The van der Waals surface area contributed by atoms with Crippen LogP contribution in [0.2, 0.25) is 0 Å². The molecule has 0 bridgehead atoms. The Morgan fingerprint density at radius 3 is 2.47 bits per heavy atom. The molecule has 2 heterocycles. The van der Waals surface area contributed by atoms with Crippen LogP contribution in [0.3, 0.4) is 0 Å². The van der Waals surface area contributed by atoms with Gasteiger partial charge >= 0.3 is 11.6 Å². The zero-order chi connectivity index (χ0) is 26.3. The predicted molar refractivity (Wildman–Crippen MR) is 130 cm³/mol. The van der Waals surface area contributed by atoms with E-state index in [1.54, 1.807) is 43.3 Å². The normalized spacial score (nSPS) is 23.3. The minimum absolute atomic E-state index is 0.0359. The van der Waals surface area contributed by atoms with Gasteiger partial charge in [0.2, 0.25) is 0 Å². The predicted octanol–water partition coefficient (Wildman–Crippen LogP) is 2.82. The summed E-state index contributed by atoms with van der Waals surface area (Å²) in [6.45, 7) is 5.38. The topological polar surface area (TPSA) is 137 Å². The lowest BCUT2D eigenvalue weighted by atomic mass is 9.81. The number of aliphatic hydroxyl groups is 2. The van der Waals surface area contributed by atoms with Crippen molar-refractivity contribution < 1.29 is 38.4 Å². The lowest BCUT2D eigenvalue weighted by Gasteiger charge is -2.47. The van der Waals surface area contributed by atoms with Crippen LogP contribution in [0.1, 0.15) is 29.8 Å². The van der Waals surface area contributed by atoms with Crippen LogP contribution < -0.4 is 20.4 Å². The van der Waals surface area contributed by atoms with Crippen molar-refractivity contribution in [2.45, 2.75) is 39.0 Å². The van der Waals surface area contributed by atoms with Gasteiger partial charge < -0.3 is 38.9 Å². The number of nitrogens with one attached hydrogen (secondary N) is 1. The summed E-state index contributed by atoms with van der Waals surface area (Å²) in [5.41, 5.74) is -0.448. The van der Waals surface area contributed by atoms with Gasteiger partial charge in [-0.2, -0.15) is 0 Å². The molecule has 1 aliphatic rings. The summed E-state index contributed by atoms with van der Waals surface area (Å²) in [6, 6.07) is 11.1. The first-order valence-electron chi connectivity index (χ1n) is 11.3. The van der Waals surface area contributed by atoms with Crippen LogP contribution in [-0.4, -0.2) is 55.1 Å². The molecule has 0 unspecified atom stereocenters. The minimum atomic E-state index is -2.37. The van der Waals surface area contributed by atoms with Gasteiger partial charge in [0.15, 0.2) is 6.10 Å². The van der Waals surface area contributed by atoms with E-state index in [0.717, 1.165) is 0 Å². The summed E-state index contributed by atoms with van der Waals surface area (Å²) in [5.74, 6) is -2.12. The third-order valence-electron chi connectivity index (χ3n) is 6.29. The van der Waals surface area contributed by atoms with Crippen LogP contribution >= 0.6 is 0 Å². The van der Waals surface area contributed by atoms with E-state index in [0.29, 0.717) is 22.3 Å². The quantitative estimate of drug-likeness (QED) is 0.345. The van der Waals surface area contributed by atoms with Crippen LogP contribution in [0.4, 0.5) is 5.69 Å². The minimum Gasteiger partial charge on any atom is -0.497 e. The Bertz CT molecular complexity index is 1330. The maximum atomic E-state index is 12.6. The number of carbonyl (C=O) groups excluding carboxylic acids is 1. The van der Waals surface area contributed by atoms with Gasteiger partial charge in [-0.25, -0.2) is 4.79 Å². The van der Waals surface area contributed by atoms with Gasteiger partial charge in [-0.3, -0.25) is 4.79 Å². The highest BCUT2D eigenvalue weighted by Crippen LogP contribution is 2.39. The number of amides is 1. The van der Waals surface area contributed by atoms with E-state index < -0.39 is 35.1 Å². The lowest BCUT2D eigenvalue weighted by molar-refractivity contribution is -0.408. The maximum Gasteiger partial charge on any atom is 0.360 e. The van der Waals surface area contributed by atoms with Crippen LogP contribution in [0.5, 0.6) is 11.5 Å². The Hall–Kier alpha value is -3.44. The van der Waals surface area contributed by atoms with Crippen molar-refractivity contribution in [3.63, 3.8) is 0 Å². The van der Waals surface area contributed by atoms with Gasteiger partial charge in [-0.15, -0.1) is 0 Å². The number of ether oxygens (including phenoxy) is 4. The number of carbonyl (C=O) groups is 1. The van der Waals surface area contributed by atoms with Crippen molar-refractivity contribution in [1.29, 1.82) is 0 Å². The number of anilines is 1. The molecule has 0 saturated carbocycles. The monoisotopic (exact) mass is 499 g/mol. The van der Waals surface area contributed by atoms with Crippen molar-refractivity contribution in [2.24, 2.45) is 5.41 Å². The molecule has 1 amide bonds. The van der Waals surface area contributed by atoms with E-state index in [1.165, 1.54) is 20.3 Å². The molecular weight excluding hydrogens is 470 g/mol. The molecule has 1 fully saturated rings. The number of hydrogen-bond donors (Lipinski definition) is 3. The molecule has 10 nitrogen and oxygen atoms in total. The van der Waals surface area contributed by atoms with Gasteiger partial charge in [0, 0.05) is 29.0 Å². The van der Waals surface area contributed by atoms with Crippen LogP contribution in [0.25, 0.3) is 11.0 Å². The van der Waals surface area contributed by atoms with E-state index in [4.69, 9.17) is 23.4 Å². The fraction of sp³-hybridized carbons (Fsp3) is 0.385. The van der Waals surface area contributed by atoms with E-state index in [-0.39, 0.29) is 23.6 Å². The Kier molecular flexibility index (Phi) is 6.80. The third kappa shape index (κ3) is 4.68. The average molecular weight is 500 g/mol. The van der Waals surface area contributed by atoms with Crippen molar-refractivity contribution in [2.75, 3.05) is 26.1 Å². The van der Waals surface area contributed by atoms with E-state index in [2.05, 4.69) is 5.32 Å². The molecule has 3 atom stereocenters. The SMILES string of the molecule is COc1ccc(C(=O)Nc2cc3ccc(O[C@]4(O)OCC(C)(C)[C@@H](OC)[C@H]4O)c(C)c3oc2=O)cc1. The average Bonchev–Trinajstić information content (AvgIpc) is 2.85. The summed E-state index contributed by atoms with van der Waals surface area (Å²) in [7, 11) is 2.96. The highest BCUT2D eigenvalue weighted by Gasteiger charge is 2.55.